The Kier molecular flexibility index (Phi) is 5.46. The highest BCUT2D eigenvalue weighted by atomic mass is 35.5. The maximum absolute atomic E-state index is 13.3. The van der Waals surface area contributed by atoms with Crippen LogP contribution in [0.4, 0.5) is 10.1 Å². The summed E-state index contributed by atoms with van der Waals surface area (Å²) in [6.45, 7) is 5.80. The number of carbonyl (C=O) groups excluding carboxylic acids is 1. The van der Waals surface area contributed by atoms with Gasteiger partial charge in [-0.1, -0.05) is 34.5 Å². The number of hydrogen-bond donors (Lipinski definition) is 1. The van der Waals surface area contributed by atoms with E-state index >= 15 is 0 Å². The van der Waals surface area contributed by atoms with Crippen LogP contribution in [0.25, 0.3) is 0 Å². The van der Waals surface area contributed by atoms with Gasteiger partial charge in [-0.15, -0.1) is 0 Å². The molecule has 0 atom stereocenters. The van der Waals surface area contributed by atoms with E-state index in [-0.39, 0.29) is 17.3 Å². The first kappa shape index (κ1) is 18.9. The van der Waals surface area contributed by atoms with E-state index in [4.69, 9.17) is 20.9 Å². The van der Waals surface area contributed by atoms with Crippen molar-refractivity contribution in [2.45, 2.75) is 27.4 Å². The van der Waals surface area contributed by atoms with Crippen molar-refractivity contribution in [3.63, 3.8) is 0 Å². The number of carbonyl (C=O) groups is 1. The van der Waals surface area contributed by atoms with Gasteiger partial charge in [-0.25, -0.2) is 4.39 Å². The Bertz CT molecular complexity index is 1000. The van der Waals surface area contributed by atoms with Crippen molar-refractivity contribution < 1.29 is 18.4 Å². The van der Waals surface area contributed by atoms with Gasteiger partial charge >= 0.3 is 0 Å². The number of anilines is 1. The number of aromatic nitrogens is 1. The molecule has 0 aliphatic carbocycles. The summed E-state index contributed by atoms with van der Waals surface area (Å²) in [4.78, 5) is 12.5. The Morgan fingerprint density at radius 1 is 1.22 bits per heavy atom. The fourth-order valence-electron chi connectivity index (χ4n) is 2.61. The minimum Gasteiger partial charge on any atom is -0.488 e. The Labute approximate surface area is 161 Å². The summed E-state index contributed by atoms with van der Waals surface area (Å²) in [7, 11) is 0. The summed E-state index contributed by atoms with van der Waals surface area (Å²) >= 11 is 5.74. The van der Waals surface area contributed by atoms with Crippen LogP contribution in [-0.2, 0) is 6.61 Å². The van der Waals surface area contributed by atoms with E-state index in [1.807, 2.05) is 32.0 Å². The van der Waals surface area contributed by atoms with Crippen molar-refractivity contribution in [3.05, 3.63) is 75.4 Å². The zero-order valence-electron chi connectivity index (χ0n) is 15.1. The van der Waals surface area contributed by atoms with Gasteiger partial charge in [-0.2, -0.15) is 0 Å². The number of aryl methyl sites for hydroxylation is 3. The highest BCUT2D eigenvalue weighted by Gasteiger charge is 2.21. The van der Waals surface area contributed by atoms with Crippen LogP contribution in [0.2, 0.25) is 5.02 Å². The molecule has 3 aromatic rings. The lowest BCUT2D eigenvalue weighted by Gasteiger charge is -2.10. The predicted molar refractivity (Wildman–Crippen MR) is 101 cm³/mol. The molecule has 1 aromatic heterocycles. The van der Waals surface area contributed by atoms with Gasteiger partial charge in [-0.3, -0.25) is 4.79 Å². The highest BCUT2D eigenvalue weighted by Crippen LogP contribution is 2.24. The molecule has 27 heavy (non-hydrogen) atoms. The number of hydrogen-bond acceptors (Lipinski definition) is 4. The smallest absolute Gasteiger partial charge is 0.278 e. The van der Waals surface area contributed by atoms with Gasteiger partial charge in [0.05, 0.1) is 10.6 Å². The molecular formula is C20H18ClFN2O3. The first-order chi connectivity index (χ1) is 12.8. The maximum atomic E-state index is 13.3. The molecule has 0 spiro atoms. The Balaban J connectivity index is 1.77. The second kappa shape index (κ2) is 7.80. The summed E-state index contributed by atoms with van der Waals surface area (Å²) in [5.41, 5.74) is 3.14. The zero-order valence-corrected chi connectivity index (χ0v) is 15.9. The lowest BCUT2D eigenvalue weighted by molar-refractivity contribution is 0.101. The summed E-state index contributed by atoms with van der Waals surface area (Å²) in [5.74, 6) is 0.156. The fourth-order valence-corrected chi connectivity index (χ4v) is 2.80. The van der Waals surface area contributed by atoms with Gasteiger partial charge in [0.15, 0.2) is 5.69 Å². The molecule has 1 N–H and O–H groups in total. The van der Waals surface area contributed by atoms with Gasteiger partial charge in [0.1, 0.15) is 23.9 Å². The summed E-state index contributed by atoms with van der Waals surface area (Å²) < 4.78 is 24.3. The van der Waals surface area contributed by atoms with E-state index in [9.17, 15) is 9.18 Å². The van der Waals surface area contributed by atoms with Crippen molar-refractivity contribution in [1.29, 1.82) is 0 Å². The molecule has 2 aromatic carbocycles. The third-order valence-corrected chi connectivity index (χ3v) is 4.37. The first-order valence-electron chi connectivity index (χ1n) is 8.26. The Hall–Kier alpha value is -2.86. The molecular weight excluding hydrogens is 371 g/mol. The SMILES string of the molecule is Cc1ccc(OCc2c(C(=O)Nc3ccc(F)c(Cl)c3)noc2C)c(C)c1. The van der Waals surface area contributed by atoms with Gasteiger partial charge in [0, 0.05) is 5.69 Å². The van der Waals surface area contributed by atoms with Crippen LogP contribution in [0.1, 0.15) is 32.9 Å². The van der Waals surface area contributed by atoms with E-state index in [0.29, 0.717) is 17.0 Å². The minimum absolute atomic E-state index is 0.0810. The van der Waals surface area contributed by atoms with Crippen LogP contribution in [0.15, 0.2) is 40.9 Å². The molecule has 1 amide bonds. The molecule has 0 aliphatic heterocycles. The molecule has 3 rings (SSSR count). The van der Waals surface area contributed by atoms with Crippen molar-refractivity contribution in [3.8, 4) is 5.75 Å². The van der Waals surface area contributed by atoms with Crippen LogP contribution < -0.4 is 10.1 Å². The molecule has 1 heterocycles. The van der Waals surface area contributed by atoms with Crippen LogP contribution in [0.3, 0.4) is 0 Å². The van der Waals surface area contributed by atoms with Crippen molar-refractivity contribution in [2.75, 3.05) is 5.32 Å². The topological polar surface area (TPSA) is 64.4 Å². The van der Waals surface area contributed by atoms with E-state index in [1.165, 1.54) is 18.2 Å². The third kappa shape index (κ3) is 4.28. The molecule has 5 nitrogen and oxygen atoms in total. The van der Waals surface area contributed by atoms with Gasteiger partial charge < -0.3 is 14.6 Å². The standard InChI is InChI=1S/C20H18ClFN2O3/c1-11-4-7-18(12(2)8-11)26-10-15-13(3)27-24-19(15)20(25)23-14-5-6-17(22)16(21)9-14/h4-9H,10H2,1-3H3,(H,23,25). The number of halogens is 2. The number of nitrogens with zero attached hydrogens (tertiary/aromatic N) is 1. The molecule has 0 saturated heterocycles. The maximum Gasteiger partial charge on any atom is 0.278 e. The molecule has 0 unspecified atom stereocenters. The van der Waals surface area contributed by atoms with Crippen LogP contribution >= 0.6 is 11.6 Å². The first-order valence-corrected chi connectivity index (χ1v) is 8.64. The largest absolute Gasteiger partial charge is 0.488 e. The molecule has 0 radical (unpaired) electrons. The Morgan fingerprint density at radius 3 is 2.70 bits per heavy atom. The fraction of sp³-hybridized carbons (Fsp3) is 0.200. The van der Waals surface area contributed by atoms with E-state index in [2.05, 4.69) is 10.5 Å². The Morgan fingerprint density at radius 2 is 2.00 bits per heavy atom. The van der Waals surface area contributed by atoms with E-state index < -0.39 is 11.7 Å². The summed E-state index contributed by atoms with van der Waals surface area (Å²) in [6, 6.07) is 9.77. The van der Waals surface area contributed by atoms with Crippen LogP contribution in [0, 0.1) is 26.6 Å². The quantitative estimate of drug-likeness (QED) is 0.650. The number of rotatable bonds is 5. The molecule has 140 valence electrons. The number of ether oxygens (including phenoxy) is 1. The third-order valence-electron chi connectivity index (χ3n) is 4.08. The molecule has 0 fully saturated rings. The van der Waals surface area contributed by atoms with E-state index in [0.717, 1.165) is 16.9 Å². The van der Waals surface area contributed by atoms with Crippen molar-refractivity contribution >= 4 is 23.2 Å². The number of benzene rings is 2. The average Bonchev–Trinajstić information content (AvgIpc) is 2.98. The van der Waals surface area contributed by atoms with Gasteiger partial charge in [-0.05, 0) is 50.6 Å². The second-order valence-corrected chi connectivity index (χ2v) is 6.61. The zero-order chi connectivity index (χ0) is 19.6. The molecule has 0 bridgehead atoms. The summed E-state index contributed by atoms with van der Waals surface area (Å²) in [5, 5.41) is 6.37. The van der Waals surface area contributed by atoms with Crippen LogP contribution in [-0.4, -0.2) is 11.1 Å². The highest BCUT2D eigenvalue weighted by molar-refractivity contribution is 6.31. The number of amides is 1. The monoisotopic (exact) mass is 388 g/mol. The molecule has 0 saturated carbocycles. The van der Waals surface area contributed by atoms with Crippen molar-refractivity contribution in [2.24, 2.45) is 0 Å². The number of nitrogens with one attached hydrogen (secondary N) is 1. The molecule has 0 aliphatic rings. The predicted octanol–water partition coefficient (Wildman–Crippen LogP) is 5.22. The van der Waals surface area contributed by atoms with Crippen molar-refractivity contribution in [1.82, 2.24) is 5.16 Å². The second-order valence-electron chi connectivity index (χ2n) is 6.21. The van der Waals surface area contributed by atoms with Crippen LogP contribution in [0.5, 0.6) is 5.75 Å². The van der Waals surface area contributed by atoms with Gasteiger partial charge in [0.25, 0.3) is 5.91 Å². The average molecular weight is 389 g/mol. The summed E-state index contributed by atoms with van der Waals surface area (Å²) in [6.07, 6.45) is 0. The van der Waals surface area contributed by atoms with E-state index in [1.54, 1.807) is 6.92 Å². The lowest BCUT2D eigenvalue weighted by Crippen LogP contribution is -2.15. The normalized spacial score (nSPS) is 10.7. The van der Waals surface area contributed by atoms with Gasteiger partial charge in [0.2, 0.25) is 0 Å². The minimum atomic E-state index is -0.561. The lowest BCUT2D eigenvalue weighted by atomic mass is 10.1. The molecule has 7 heteroatoms.